The van der Waals surface area contributed by atoms with Crippen LogP contribution in [0, 0.1) is 0 Å². The van der Waals surface area contributed by atoms with Gasteiger partial charge in [-0.1, -0.05) is 12.5 Å². The Balaban J connectivity index is 1.60. The van der Waals surface area contributed by atoms with Crippen molar-refractivity contribution < 1.29 is 22.7 Å². The number of hydrogen-bond acceptors (Lipinski definition) is 6. The molecule has 0 bridgehead atoms. The summed E-state index contributed by atoms with van der Waals surface area (Å²) in [6, 6.07) is 11.8. The fourth-order valence-corrected chi connectivity index (χ4v) is 6.50. The molecule has 8 nitrogen and oxygen atoms in total. The third-order valence-electron chi connectivity index (χ3n) is 5.70. The minimum absolute atomic E-state index is 0.150. The standard InChI is InChI=1S/C23H27N3O5S2/c1-31-18-7-5-6-17(14-18)24-22(27)16-26-20-15-19(8-9-21(20)32-13-10-23(26)28)33(29,30)25-11-3-2-4-12-25/h5-9,14-15H,2-4,10-13,16H2,1H3,(H,24,27). The maximum Gasteiger partial charge on any atom is 0.244 e. The van der Waals surface area contributed by atoms with Crippen LogP contribution >= 0.6 is 11.8 Å². The Bertz CT molecular complexity index is 1150. The Kier molecular flexibility index (Phi) is 7.26. The molecule has 10 heteroatoms. The van der Waals surface area contributed by atoms with E-state index >= 15 is 0 Å². The Labute approximate surface area is 198 Å². The Hall–Kier alpha value is -2.56. The highest BCUT2D eigenvalue weighted by Crippen LogP contribution is 2.37. The van der Waals surface area contributed by atoms with Crippen molar-refractivity contribution >= 4 is 45.0 Å². The zero-order valence-electron chi connectivity index (χ0n) is 18.5. The van der Waals surface area contributed by atoms with Crippen molar-refractivity contribution in [2.75, 3.05) is 42.7 Å². The van der Waals surface area contributed by atoms with Crippen LogP contribution in [-0.2, 0) is 19.6 Å². The summed E-state index contributed by atoms with van der Waals surface area (Å²) in [4.78, 5) is 28.0. The van der Waals surface area contributed by atoms with Gasteiger partial charge >= 0.3 is 0 Å². The number of carbonyl (C=O) groups is 2. The number of amides is 2. The number of fused-ring (bicyclic) bond motifs is 1. The van der Waals surface area contributed by atoms with E-state index in [4.69, 9.17) is 4.74 Å². The fourth-order valence-electron chi connectivity index (χ4n) is 3.98. The summed E-state index contributed by atoms with van der Waals surface area (Å²) in [7, 11) is -2.12. The summed E-state index contributed by atoms with van der Waals surface area (Å²) < 4.78 is 33.1. The second-order valence-corrected chi connectivity index (χ2v) is 11.0. The zero-order valence-corrected chi connectivity index (χ0v) is 20.1. The molecule has 0 atom stereocenters. The predicted molar refractivity (Wildman–Crippen MR) is 128 cm³/mol. The quantitative estimate of drug-likeness (QED) is 0.669. The molecule has 4 rings (SSSR count). The van der Waals surface area contributed by atoms with Crippen LogP contribution in [0.1, 0.15) is 25.7 Å². The summed E-state index contributed by atoms with van der Waals surface area (Å²) in [5, 5.41) is 2.79. The predicted octanol–water partition coefficient (Wildman–Crippen LogP) is 3.34. The van der Waals surface area contributed by atoms with Crippen LogP contribution in [0.25, 0.3) is 0 Å². The van der Waals surface area contributed by atoms with Crippen molar-refractivity contribution in [2.24, 2.45) is 0 Å². The lowest BCUT2D eigenvalue weighted by Crippen LogP contribution is -2.38. The van der Waals surface area contributed by atoms with Gasteiger partial charge in [-0.15, -0.1) is 11.8 Å². The molecule has 2 aromatic rings. The Morgan fingerprint density at radius 2 is 1.91 bits per heavy atom. The molecule has 1 N–H and O–H groups in total. The number of piperidine rings is 1. The van der Waals surface area contributed by atoms with Gasteiger partial charge in [0.2, 0.25) is 21.8 Å². The molecule has 0 aromatic heterocycles. The Morgan fingerprint density at radius 1 is 1.12 bits per heavy atom. The van der Waals surface area contributed by atoms with Gasteiger partial charge in [-0.3, -0.25) is 9.59 Å². The summed E-state index contributed by atoms with van der Waals surface area (Å²) >= 11 is 1.49. The second kappa shape index (κ2) is 10.1. The van der Waals surface area contributed by atoms with Crippen LogP contribution in [0.5, 0.6) is 5.75 Å². The van der Waals surface area contributed by atoms with Gasteiger partial charge in [0.05, 0.1) is 17.7 Å². The summed E-state index contributed by atoms with van der Waals surface area (Å²) in [6.07, 6.45) is 2.97. The number of sulfonamides is 1. The topological polar surface area (TPSA) is 96.0 Å². The number of ether oxygens (including phenoxy) is 1. The first-order chi connectivity index (χ1) is 15.9. The number of anilines is 2. The molecule has 2 aliphatic rings. The normalized spacial score (nSPS) is 17.2. The van der Waals surface area contributed by atoms with Gasteiger partial charge in [-0.2, -0.15) is 4.31 Å². The van der Waals surface area contributed by atoms with Gasteiger partial charge < -0.3 is 15.0 Å². The van der Waals surface area contributed by atoms with Gasteiger partial charge in [0.25, 0.3) is 0 Å². The van der Waals surface area contributed by atoms with Crippen LogP contribution < -0.4 is 15.0 Å². The Morgan fingerprint density at radius 3 is 2.67 bits per heavy atom. The number of methoxy groups -OCH3 is 1. The monoisotopic (exact) mass is 489 g/mol. The maximum absolute atomic E-state index is 13.2. The number of nitrogens with one attached hydrogen (secondary N) is 1. The summed E-state index contributed by atoms with van der Waals surface area (Å²) in [5.74, 6) is 0.583. The fraction of sp³-hybridized carbons (Fsp3) is 0.391. The van der Waals surface area contributed by atoms with Gasteiger partial charge in [0, 0.05) is 41.9 Å². The number of rotatable bonds is 6. The first-order valence-corrected chi connectivity index (χ1v) is 13.3. The van der Waals surface area contributed by atoms with E-state index in [0.717, 1.165) is 24.2 Å². The zero-order chi connectivity index (χ0) is 23.4. The second-order valence-electron chi connectivity index (χ2n) is 7.95. The lowest BCUT2D eigenvalue weighted by molar-refractivity contribution is -0.121. The molecule has 2 aromatic carbocycles. The third kappa shape index (κ3) is 5.34. The minimum Gasteiger partial charge on any atom is -0.497 e. The highest BCUT2D eigenvalue weighted by atomic mass is 32.2. The van der Waals surface area contributed by atoms with E-state index in [9.17, 15) is 18.0 Å². The van der Waals surface area contributed by atoms with Crippen molar-refractivity contribution in [3.63, 3.8) is 0 Å². The number of hydrogen-bond donors (Lipinski definition) is 1. The molecule has 1 saturated heterocycles. The van der Waals surface area contributed by atoms with E-state index in [0.29, 0.717) is 36.0 Å². The summed E-state index contributed by atoms with van der Waals surface area (Å²) in [5.41, 5.74) is 1.01. The van der Waals surface area contributed by atoms with Crippen molar-refractivity contribution in [1.82, 2.24) is 4.31 Å². The minimum atomic E-state index is -3.66. The lowest BCUT2D eigenvalue weighted by atomic mass is 10.2. The molecule has 0 radical (unpaired) electrons. The highest BCUT2D eigenvalue weighted by molar-refractivity contribution is 7.99. The van der Waals surface area contributed by atoms with Gasteiger partial charge in [0.15, 0.2) is 0 Å². The first-order valence-electron chi connectivity index (χ1n) is 10.9. The number of nitrogens with zero attached hydrogens (tertiary/aromatic N) is 2. The van der Waals surface area contributed by atoms with E-state index in [1.807, 2.05) is 0 Å². The van der Waals surface area contributed by atoms with Gasteiger partial charge in [-0.05, 0) is 43.2 Å². The van der Waals surface area contributed by atoms with Crippen molar-refractivity contribution in [3.05, 3.63) is 42.5 Å². The molecular formula is C23H27N3O5S2. The molecule has 0 saturated carbocycles. The molecule has 0 spiro atoms. The average molecular weight is 490 g/mol. The molecule has 0 aliphatic carbocycles. The van der Waals surface area contributed by atoms with Crippen molar-refractivity contribution in [1.29, 1.82) is 0 Å². The number of thioether (sulfide) groups is 1. The van der Waals surface area contributed by atoms with Crippen LogP contribution in [0.3, 0.4) is 0 Å². The SMILES string of the molecule is COc1cccc(NC(=O)CN2C(=O)CCSc3ccc(S(=O)(=O)N4CCCCC4)cc32)c1. The molecular weight excluding hydrogens is 462 g/mol. The molecule has 2 aliphatic heterocycles. The molecule has 176 valence electrons. The highest BCUT2D eigenvalue weighted by Gasteiger charge is 2.30. The molecule has 33 heavy (non-hydrogen) atoms. The van der Waals surface area contributed by atoms with Crippen LogP contribution in [0.4, 0.5) is 11.4 Å². The largest absolute Gasteiger partial charge is 0.497 e. The first kappa shape index (κ1) is 23.6. The van der Waals surface area contributed by atoms with E-state index in [2.05, 4.69) is 5.32 Å². The number of carbonyl (C=O) groups excluding carboxylic acids is 2. The van der Waals surface area contributed by atoms with E-state index in [-0.39, 0.29) is 29.7 Å². The third-order valence-corrected chi connectivity index (χ3v) is 8.66. The lowest BCUT2D eigenvalue weighted by Gasteiger charge is -2.27. The smallest absolute Gasteiger partial charge is 0.244 e. The van der Waals surface area contributed by atoms with Crippen LogP contribution in [-0.4, -0.2) is 57.0 Å². The van der Waals surface area contributed by atoms with E-state index in [1.165, 1.54) is 27.0 Å². The average Bonchev–Trinajstić information content (AvgIpc) is 2.98. The molecule has 0 unspecified atom stereocenters. The van der Waals surface area contributed by atoms with E-state index in [1.54, 1.807) is 43.5 Å². The van der Waals surface area contributed by atoms with Gasteiger partial charge in [-0.25, -0.2) is 8.42 Å². The van der Waals surface area contributed by atoms with E-state index < -0.39 is 10.0 Å². The number of benzene rings is 2. The van der Waals surface area contributed by atoms with Crippen LogP contribution in [0.15, 0.2) is 52.3 Å². The molecule has 1 fully saturated rings. The van der Waals surface area contributed by atoms with Gasteiger partial charge in [0.1, 0.15) is 12.3 Å². The maximum atomic E-state index is 13.2. The van der Waals surface area contributed by atoms with Crippen molar-refractivity contribution in [3.8, 4) is 5.75 Å². The summed E-state index contributed by atoms with van der Waals surface area (Å²) in [6.45, 7) is 0.788. The van der Waals surface area contributed by atoms with Crippen LogP contribution in [0.2, 0.25) is 0 Å². The van der Waals surface area contributed by atoms with Crippen molar-refractivity contribution in [2.45, 2.75) is 35.5 Å². The molecule has 2 heterocycles. The molecule has 2 amide bonds.